The molecule has 3 aromatic rings. The molecule has 0 bridgehead atoms. The first kappa shape index (κ1) is 15.2. The van der Waals surface area contributed by atoms with Crippen LogP contribution >= 0.6 is 0 Å². The highest BCUT2D eigenvalue weighted by atomic mass is 16.5. The second-order valence-electron chi connectivity index (χ2n) is 5.66. The normalized spacial score (nSPS) is 11.0. The maximum atomic E-state index is 5.74. The van der Waals surface area contributed by atoms with E-state index in [1.165, 1.54) is 16.7 Å². The highest BCUT2D eigenvalue weighted by Gasteiger charge is 2.13. The number of pyridine rings is 1. The van der Waals surface area contributed by atoms with Crippen LogP contribution in [0.2, 0.25) is 0 Å². The van der Waals surface area contributed by atoms with Crippen LogP contribution < -0.4 is 10.5 Å². The molecule has 0 atom stereocenters. The summed E-state index contributed by atoms with van der Waals surface area (Å²) in [5, 5.41) is 0. The van der Waals surface area contributed by atoms with E-state index in [2.05, 4.69) is 42.9 Å². The summed E-state index contributed by atoms with van der Waals surface area (Å²) >= 11 is 0. The molecule has 0 amide bonds. The number of fused-ring (bicyclic) bond motifs is 1. The lowest BCUT2D eigenvalue weighted by atomic mass is 9.97. The van der Waals surface area contributed by atoms with Gasteiger partial charge in [0, 0.05) is 5.56 Å². The van der Waals surface area contributed by atoms with Crippen LogP contribution in [0.15, 0.2) is 24.3 Å². The van der Waals surface area contributed by atoms with Gasteiger partial charge >= 0.3 is 0 Å². The van der Waals surface area contributed by atoms with Gasteiger partial charge < -0.3 is 10.5 Å². The molecular formula is C18H20N4O. The molecule has 0 saturated carbocycles. The number of benzene rings is 1. The van der Waals surface area contributed by atoms with Crippen molar-refractivity contribution in [3.8, 4) is 17.1 Å². The predicted octanol–water partition coefficient (Wildman–Crippen LogP) is 3.60. The molecule has 23 heavy (non-hydrogen) atoms. The summed E-state index contributed by atoms with van der Waals surface area (Å²) in [6.45, 7) is 8.71. The molecule has 0 spiro atoms. The molecule has 0 aliphatic carbocycles. The lowest BCUT2D eigenvalue weighted by Gasteiger charge is -2.12. The molecule has 0 aliphatic rings. The molecule has 1 aromatic carbocycles. The minimum Gasteiger partial charge on any atom is -0.476 e. The standard InChI is InChI=1S/C18H20N4O/c1-5-23-17-16-14(21-18(19)22-17)7-6-13(20-16)15-11(3)8-10(2)9-12(15)4/h6-9H,5H2,1-4H3,(H2,19,21,22). The zero-order valence-corrected chi connectivity index (χ0v) is 13.8. The summed E-state index contributed by atoms with van der Waals surface area (Å²) in [5.41, 5.74) is 12.7. The van der Waals surface area contributed by atoms with E-state index in [4.69, 9.17) is 15.5 Å². The molecular weight excluding hydrogens is 288 g/mol. The van der Waals surface area contributed by atoms with E-state index in [-0.39, 0.29) is 5.95 Å². The highest BCUT2D eigenvalue weighted by molar-refractivity contribution is 5.84. The van der Waals surface area contributed by atoms with Crippen molar-refractivity contribution in [2.24, 2.45) is 0 Å². The molecule has 118 valence electrons. The van der Waals surface area contributed by atoms with Crippen molar-refractivity contribution in [2.45, 2.75) is 27.7 Å². The van der Waals surface area contributed by atoms with Crippen LogP contribution in [0, 0.1) is 20.8 Å². The van der Waals surface area contributed by atoms with E-state index in [1.54, 1.807) is 0 Å². The van der Waals surface area contributed by atoms with E-state index in [0.29, 0.717) is 23.5 Å². The minimum absolute atomic E-state index is 0.193. The number of ether oxygens (including phenoxy) is 1. The zero-order valence-electron chi connectivity index (χ0n) is 13.8. The Hall–Kier alpha value is -2.69. The van der Waals surface area contributed by atoms with Crippen molar-refractivity contribution in [1.29, 1.82) is 0 Å². The second kappa shape index (κ2) is 5.83. The first-order valence-corrected chi connectivity index (χ1v) is 7.65. The number of hydrogen-bond acceptors (Lipinski definition) is 5. The van der Waals surface area contributed by atoms with Crippen molar-refractivity contribution in [1.82, 2.24) is 15.0 Å². The van der Waals surface area contributed by atoms with Gasteiger partial charge in [-0.2, -0.15) is 4.98 Å². The number of aryl methyl sites for hydroxylation is 3. The number of hydrogen-bond donors (Lipinski definition) is 1. The SMILES string of the molecule is CCOc1nc(N)nc2ccc(-c3c(C)cc(C)cc3C)nc12. The Balaban J connectivity index is 2.24. The Morgan fingerprint density at radius 3 is 2.35 bits per heavy atom. The molecule has 2 aromatic heterocycles. The van der Waals surface area contributed by atoms with Gasteiger partial charge in [-0.05, 0) is 51.0 Å². The van der Waals surface area contributed by atoms with Gasteiger partial charge in [0.05, 0.1) is 17.8 Å². The van der Waals surface area contributed by atoms with Crippen molar-refractivity contribution in [3.05, 3.63) is 41.0 Å². The summed E-state index contributed by atoms with van der Waals surface area (Å²) in [5.74, 6) is 0.623. The Morgan fingerprint density at radius 2 is 1.70 bits per heavy atom. The minimum atomic E-state index is 0.193. The number of nitrogens with zero attached hydrogens (tertiary/aromatic N) is 3. The van der Waals surface area contributed by atoms with Crippen LogP contribution in [0.25, 0.3) is 22.3 Å². The number of nitrogen functional groups attached to an aromatic ring is 1. The predicted molar refractivity (Wildman–Crippen MR) is 92.6 cm³/mol. The van der Waals surface area contributed by atoms with Crippen molar-refractivity contribution in [2.75, 3.05) is 12.3 Å². The topological polar surface area (TPSA) is 73.9 Å². The number of nitrogens with two attached hydrogens (primary N) is 1. The summed E-state index contributed by atoms with van der Waals surface area (Å²) < 4.78 is 5.58. The maximum Gasteiger partial charge on any atom is 0.245 e. The van der Waals surface area contributed by atoms with E-state index in [9.17, 15) is 0 Å². The molecule has 5 nitrogen and oxygen atoms in total. The average Bonchev–Trinajstić information content (AvgIpc) is 2.47. The first-order chi connectivity index (χ1) is 11.0. The van der Waals surface area contributed by atoms with Crippen LogP contribution in [0.3, 0.4) is 0 Å². The quantitative estimate of drug-likeness (QED) is 0.800. The Kier molecular flexibility index (Phi) is 3.86. The Morgan fingerprint density at radius 1 is 1.00 bits per heavy atom. The van der Waals surface area contributed by atoms with E-state index >= 15 is 0 Å². The molecule has 0 saturated heterocycles. The second-order valence-corrected chi connectivity index (χ2v) is 5.66. The summed E-state index contributed by atoms with van der Waals surface area (Å²) in [4.78, 5) is 13.2. The van der Waals surface area contributed by atoms with Crippen LogP contribution in [0.4, 0.5) is 5.95 Å². The average molecular weight is 308 g/mol. The lowest BCUT2D eigenvalue weighted by Crippen LogP contribution is -2.03. The molecule has 0 unspecified atom stereocenters. The fourth-order valence-electron chi connectivity index (χ4n) is 2.97. The largest absolute Gasteiger partial charge is 0.476 e. The van der Waals surface area contributed by atoms with E-state index in [1.807, 2.05) is 19.1 Å². The molecule has 2 heterocycles. The van der Waals surface area contributed by atoms with Crippen molar-refractivity contribution < 1.29 is 4.74 Å². The van der Waals surface area contributed by atoms with Crippen LogP contribution in [-0.4, -0.2) is 21.6 Å². The van der Waals surface area contributed by atoms with Gasteiger partial charge in [0.2, 0.25) is 11.8 Å². The van der Waals surface area contributed by atoms with Gasteiger partial charge in [0.1, 0.15) is 0 Å². The van der Waals surface area contributed by atoms with Gasteiger partial charge in [-0.1, -0.05) is 17.7 Å². The molecule has 5 heteroatoms. The summed E-state index contributed by atoms with van der Waals surface area (Å²) in [6, 6.07) is 8.21. The van der Waals surface area contributed by atoms with Crippen LogP contribution in [0.1, 0.15) is 23.6 Å². The van der Waals surface area contributed by atoms with Gasteiger partial charge in [0.15, 0.2) is 5.52 Å². The number of rotatable bonds is 3. The third-order valence-corrected chi connectivity index (χ3v) is 3.74. The smallest absolute Gasteiger partial charge is 0.245 e. The Labute approximate surface area is 135 Å². The van der Waals surface area contributed by atoms with Crippen molar-refractivity contribution >= 4 is 17.0 Å². The Bertz CT molecular complexity index is 867. The number of aromatic nitrogens is 3. The molecule has 0 radical (unpaired) electrons. The fraction of sp³-hybridized carbons (Fsp3) is 0.278. The lowest BCUT2D eigenvalue weighted by molar-refractivity contribution is 0.330. The molecule has 0 fully saturated rings. The molecule has 0 aliphatic heterocycles. The number of anilines is 1. The molecule has 3 rings (SSSR count). The monoisotopic (exact) mass is 308 g/mol. The summed E-state index contributed by atoms with van der Waals surface area (Å²) in [7, 11) is 0. The zero-order chi connectivity index (χ0) is 16.6. The van der Waals surface area contributed by atoms with Crippen LogP contribution in [-0.2, 0) is 0 Å². The maximum absolute atomic E-state index is 5.74. The highest BCUT2D eigenvalue weighted by Crippen LogP contribution is 2.30. The van der Waals surface area contributed by atoms with Gasteiger partial charge in [0.25, 0.3) is 0 Å². The fourth-order valence-corrected chi connectivity index (χ4v) is 2.97. The van der Waals surface area contributed by atoms with Gasteiger partial charge in [-0.15, -0.1) is 0 Å². The first-order valence-electron chi connectivity index (χ1n) is 7.65. The van der Waals surface area contributed by atoms with Gasteiger partial charge in [-0.25, -0.2) is 9.97 Å². The van der Waals surface area contributed by atoms with Crippen LogP contribution in [0.5, 0.6) is 5.88 Å². The summed E-state index contributed by atoms with van der Waals surface area (Å²) in [6.07, 6.45) is 0. The van der Waals surface area contributed by atoms with Gasteiger partial charge in [-0.3, -0.25) is 0 Å². The van der Waals surface area contributed by atoms with E-state index in [0.717, 1.165) is 11.3 Å². The third kappa shape index (κ3) is 2.82. The molecule has 2 N–H and O–H groups in total. The van der Waals surface area contributed by atoms with E-state index < -0.39 is 0 Å². The van der Waals surface area contributed by atoms with Crippen molar-refractivity contribution in [3.63, 3.8) is 0 Å². The third-order valence-electron chi connectivity index (χ3n) is 3.74.